The first-order valence-electron chi connectivity index (χ1n) is 18.6. The first-order chi connectivity index (χ1) is 21.5. The molecule has 0 spiro atoms. The Balaban J connectivity index is 1.26. The number of aliphatic carboxylic acids is 1. The van der Waals surface area contributed by atoms with Crippen LogP contribution in [0.25, 0.3) is 0 Å². The van der Waals surface area contributed by atoms with Gasteiger partial charge in [0.2, 0.25) is 11.8 Å². The lowest BCUT2D eigenvalue weighted by Crippen LogP contribution is -2.67. The van der Waals surface area contributed by atoms with Gasteiger partial charge >= 0.3 is 5.97 Å². The third kappa shape index (κ3) is 5.66. The molecule has 2 amide bonds. The first-order valence-corrected chi connectivity index (χ1v) is 18.6. The largest absolute Gasteiger partial charge is 0.481 e. The molecule has 0 heterocycles. The second-order valence-corrected chi connectivity index (χ2v) is 17.8. The standard InChI is InChI=1S/C39H64N2O5/c1-25(2)26-14-19-39(34(46)41-23-11-9-8-10-22-40-31(43)24-32(44)45)21-20-37(6)27(33(26)39)12-13-29-36(5)17-16-30(42)35(3,4)28(36)15-18-38(29,37)7/h26-30,33,42H,1,8-24H2,2-7H3,(H,40,43)(H,41,46)(H,44,45)/t26-,27?,28-,29+,30-,33?,36-,37+,38+,39-/m0/s1. The molecule has 0 radical (unpaired) electrons. The molecule has 5 rings (SSSR count). The molecular weight excluding hydrogens is 576 g/mol. The number of rotatable bonds is 11. The van der Waals surface area contributed by atoms with Gasteiger partial charge in [-0.1, -0.05) is 59.6 Å². The molecule has 5 fully saturated rings. The van der Waals surface area contributed by atoms with Gasteiger partial charge in [-0.2, -0.15) is 0 Å². The summed E-state index contributed by atoms with van der Waals surface area (Å²) in [7, 11) is 0. The van der Waals surface area contributed by atoms with Crippen molar-refractivity contribution in [3.8, 4) is 0 Å². The zero-order valence-corrected chi connectivity index (χ0v) is 29.8. The predicted molar refractivity (Wildman–Crippen MR) is 182 cm³/mol. The van der Waals surface area contributed by atoms with Gasteiger partial charge in [0.05, 0.1) is 11.5 Å². The molecule has 0 aromatic heterocycles. The fourth-order valence-electron chi connectivity index (χ4n) is 12.9. The zero-order chi connectivity index (χ0) is 33.7. The van der Waals surface area contributed by atoms with Crippen LogP contribution in [0.15, 0.2) is 12.2 Å². The molecule has 7 heteroatoms. The summed E-state index contributed by atoms with van der Waals surface area (Å²) in [6.07, 6.45) is 14.0. The number of carbonyl (C=O) groups is 3. The number of aliphatic hydroxyl groups is 1. The lowest BCUT2D eigenvalue weighted by atomic mass is 9.32. The van der Waals surface area contributed by atoms with Crippen molar-refractivity contribution >= 4 is 17.8 Å². The van der Waals surface area contributed by atoms with E-state index in [9.17, 15) is 19.5 Å². The average Bonchev–Trinajstić information content (AvgIpc) is 3.38. The van der Waals surface area contributed by atoms with E-state index < -0.39 is 18.3 Å². The van der Waals surface area contributed by atoms with E-state index in [1.54, 1.807) is 0 Å². The van der Waals surface area contributed by atoms with Crippen LogP contribution >= 0.6 is 0 Å². The van der Waals surface area contributed by atoms with Crippen LogP contribution in [0.2, 0.25) is 0 Å². The molecule has 4 N–H and O–H groups in total. The normalized spacial score (nSPS) is 42.5. The van der Waals surface area contributed by atoms with Gasteiger partial charge in [-0.25, -0.2) is 0 Å². The summed E-state index contributed by atoms with van der Waals surface area (Å²) in [6.45, 7) is 20.3. The van der Waals surface area contributed by atoms with Crippen molar-refractivity contribution in [1.82, 2.24) is 10.6 Å². The molecule has 5 saturated carbocycles. The van der Waals surface area contributed by atoms with Crippen LogP contribution in [0, 0.1) is 56.7 Å². The lowest BCUT2D eigenvalue weighted by molar-refractivity contribution is -0.246. The molecule has 7 nitrogen and oxygen atoms in total. The molecule has 0 aromatic rings. The molecular formula is C39H64N2O5. The van der Waals surface area contributed by atoms with E-state index in [0.29, 0.717) is 42.7 Å². The summed E-state index contributed by atoms with van der Waals surface area (Å²) in [4.78, 5) is 36.4. The number of unbranched alkanes of at least 4 members (excludes halogenated alkanes) is 3. The van der Waals surface area contributed by atoms with Crippen LogP contribution in [0.4, 0.5) is 0 Å². The van der Waals surface area contributed by atoms with Crippen LogP contribution in [-0.4, -0.2) is 47.2 Å². The third-order valence-electron chi connectivity index (χ3n) is 15.5. The summed E-state index contributed by atoms with van der Waals surface area (Å²) >= 11 is 0. The van der Waals surface area contributed by atoms with E-state index in [-0.39, 0.29) is 39.1 Å². The summed E-state index contributed by atoms with van der Waals surface area (Å²) in [5, 5.41) is 25.8. The van der Waals surface area contributed by atoms with Crippen molar-refractivity contribution in [3.05, 3.63) is 12.2 Å². The van der Waals surface area contributed by atoms with Gasteiger partial charge < -0.3 is 20.8 Å². The number of nitrogens with one attached hydrogen (secondary N) is 2. The summed E-state index contributed by atoms with van der Waals surface area (Å²) in [5.74, 6) is 1.22. The van der Waals surface area contributed by atoms with Gasteiger partial charge in [-0.3, -0.25) is 14.4 Å². The van der Waals surface area contributed by atoms with Gasteiger partial charge in [0, 0.05) is 13.1 Å². The topological polar surface area (TPSA) is 116 Å². The van der Waals surface area contributed by atoms with Crippen LogP contribution in [0.3, 0.4) is 0 Å². The van der Waals surface area contributed by atoms with Crippen LogP contribution in [0.1, 0.15) is 138 Å². The minimum absolute atomic E-state index is 0.0414. The van der Waals surface area contributed by atoms with Crippen molar-refractivity contribution in [2.24, 2.45) is 56.7 Å². The third-order valence-corrected chi connectivity index (χ3v) is 15.5. The van der Waals surface area contributed by atoms with Gasteiger partial charge in [0.1, 0.15) is 6.42 Å². The molecule has 46 heavy (non-hydrogen) atoms. The van der Waals surface area contributed by atoms with Crippen molar-refractivity contribution in [3.63, 3.8) is 0 Å². The average molecular weight is 641 g/mol. The lowest BCUT2D eigenvalue weighted by Gasteiger charge is -2.72. The highest BCUT2D eigenvalue weighted by Crippen LogP contribution is 2.77. The quantitative estimate of drug-likeness (QED) is 0.108. The van der Waals surface area contributed by atoms with Crippen LogP contribution in [0.5, 0.6) is 0 Å². The highest BCUT2D eigenvalue weighted by Gasteiger charge is 2.71. The number of amides is 2. The molecule has 0 bridgehead atoms. The van der Waals surface area contributed by atoms with Crippen LogP contribution in [-0.2, 0) is 14.4 Å². The van der Waals surface area contributed by atoms with Gasteiger partial charge in [-0.05, 0) is 135 Å². The number of allylic oxidation sites excluding steroid dienone is 1. The number of fused-ring (bicyclic) bond motifs is 7. The molecule has 10 atom stereocenters. The maximum atomic E-state index is 14.3. The minimum atomic E-state index is -1.11. The van der Waals surface area contributed by atoms with Gasteiger partial charge in [-0.15, -0.1) is 0 Å². The Morgan fingerprint density at radius 2 is 1.43 bits per heavy atom. The second kappa shape index (κ2) is 12.9. The zero-order valence-electron chi connectivity index (χ0n) is 29.8. The van der Waals surface area contributed by atoms with E-state index in [1.807, 2.05) is 0 Å². The monoisotopic (exact) mass is 640 g/mol. The van der Waals surface area contributed by atoms with Crippen molar-refractivity contribution < 1.29 is 24.6 Å². The maximum absolute atomic E-state index is 14.3. The molecule has 0 aliphatic heterocycles. The van der Waals surface area contributed by atoms with Crippen molar-refractivity contribution in [1.29, 1.82) is 0 Å². The fraction of sp³-hybridized carbons (Fsp3) is 0.872. The molecule has 2 unspecified atom stereocenters. The SMILES string of the molecule is C=C(C)[C@@H]1CC[C@]2(C(=O)NCCCCCCNC(=O)CC(=O)O)CC[C@]3(C)C(CC[C@@H]4[C@@]5(C)CC[C@H](O)C(C)(C)[C@@H]5CC[C@]43C)C12. The number of carbonyl (C=O) groups excluding carboxylic acids is 2. The van der Waals surface area contributed by atoms with E-state index >= 15 is 0 Å². The highest BCUT2D eigenvalue weighted by atomic mass is 16.4. The highest BCUT2D eigenvalue weighted by molar-refractivity contribution is 5.93. The Labute approximate surface area is 278 Å². The van der Waals surface area contributed by atoms with Gasteiger partial charge in [0.25, 0.3) is 0 Å². The Bertz CT molecular complexity index is 1200. The summed E-state index contributed by atoms with van der Waals surface area (Å²) in [5.41, 5.74) is 1.59. The maximum Gasteiger partial charge on any atom is 0.312 e. The molecule has 5 aliphatic rings. The summed E-state index contributed by atoms with van der Waals surface area (Å²) < 4.78 is 0. The van der Waals surface area contributed by atoms with E-state index in [1.165, 1.54) is 31.3 Å². The molecule has 0 aromatic carbocycles. The first kappa shape index (κ1) is 35.4. The number of carboxylic acids is 1. The number of hydrogen-bond donors (Lipinski definition) is 4. The van der Waals surface area contributed by atoms with Crippen LogP contribution < -0.4 is 10.6 Å². The Kier molecular flexibility index (Phi) is 9.90. The minimum Gasteiger partial charge on any atom is -0.481 e. The Morgan fingerprint density at radius 3 is 2.09 bits per heavy atom. The second-order valence-electron chi connectivity index (χ2n) is 17.8. The van der Waals surface area contributed by atoms with E-state index in [0.717, 1.165) is 64.2 Å². The van der Waals surface area contributed by atoms with Crippen molar-refractivity contribution in [2.75, 3.05) is 13.1 Å². The summed E-state index contributed by atoms with van der Waals surface area (Å²) in [6, 6.07) is 0. The molecule has 0 saturated heterocycles. The molecule has 5 aliphatic carbocycles. The Morgan fingerprint density at radius 1 is 0.761 bits per heavy atom. The van der Waals surface area contributed by atoms with E-state index in [2.05, 4.69) is 58.8 Å². The predicted octanol–water partition coefficient (Wildman–Crippen LogP) is 7.27. The van der Waals surface area contributed by atoms with E-state index in [4.69, 9.17) is 5.11 Å². The number of hydrogen-bond acceptors (Lipinski definition) is 4. The fourth-order valence-corrected chi connectivity index (χ4v) is 12.9. The van der Waals surface area contributed by atoms with Crippen molar-refractivity contribution in [2.45, 2.75) is 144 Å². The number of carboxylic acid groups (broad SMARTS) is 1. The molecule has 260 valence electrons. The number of aliphatic hydroxyl groups excluding tert-OH is 1. The Hall–Kier alpha value is -1.89. The smallest absolute Gasteiger partial charge is 0.312 e. The van der Waals surface area contributed by atoms with Gasteiger partial charge in [0.15, 0.2) is 0 Å².